The molecule has 1 N–H and O–H groups in total. The Morgan fingerprint density at radius 3 is 2.30 bits per heavy atom. The number of rotatable bonds is 7. The summed E-state index contributed by atoms with van der Waals surface area (Å²) >= 11 is 0. The van der Waals surface area contributed by atoms with E-state index >= 15 is 0 Å². The van der Waals surface area contributed by atoms with Gasteiger partial charge in [-0.25, -0.2) is 9.59 Å². The van der Waals surface area contributed by atoms with Crippen molar-refractivity contribution in [1.82, 2.24) is 0 Å². The van der Waals surface area contributed by atoms with Gasteiger partial charge in [0.25, 0.3) is 0 Å². The van der Waals surface area contributed by atoms with Crippen molar-refractivity contribution in [3.63, 3.8) is 0 Å². The molecule has 1 atom stereocenters. The normalized spacial score (nSPS) is 12.2. The van der Waals surface area contributed by atoms with Crippen LogP contribution in [0.1, 0.15) is 41.0 Å². The number of esters is 1. The predicted molar refractivity (Wildman–Crippen MR) is 73.9 cm³/mol. The lowest BCUT2D eigenvalue weighted by Gasteiger charge is -2.19. The molecule has 0 saturated carbocycles. The average Bonchev–Trinajstić information content (AvgIpc) is 2.38. The van der Waals surface area contributed by atoms with Gasteiger partial charge in [-0.3, -0.25) is 0 Å². The van der Waals surface area contributed by atoms with E-state index in [-0.39, 0.29) is 17.2 Å². The second-order valence-corrected chi connectivity index (χ2v) is 4.96. The summed E-state index contributed by atoms with van der Waals surface area (Å²) in [6.07, 6.45) is 0.281. The van der Waals surface area contributed by atoms with Crippen molar-refractivity contribution in [2.24, 2.45) is 5.92 Å². The number of carboxylic acid groups (broad SMARTS) is 1. The first-order chi connectivity index (χ1) is 9.45. The van der Waals surface area contributed by atoms with Gasteiger partial charge in [0.1, 0.15) is 6.10 Å². The highest BCUT2D eigenvalue weighted by atomic mass is 16.6. The lowest BCUT2D eigenvalue weighted by Crippen LogP contribution is -2.25. The van der Waals surface area contributed by atoms with Crippen LogP contribution in [0.2, 0.25) is 0 Å². The summed E-state index contributed by atoms with van der Waals surface area (Å²) in [6, 6.07) is 6.01. The summed E-state index contributed by atoms with van der Waals surface area (Å²) in [6.45, 7) is 4.32. The van der Waals surface area contributed by atoms with Gasteiger partial charge in [0.2, 0.25) is 0 Å². The Kier molecular flexibility index (Phi) is 6.18. The highest BCUT2D eigenvalue weighted by Crippen LogP contribution is 2.15. The number of hydrogen-bond donors (Lipinski definition) is 1. The lowest BCUT2D eigenvalue weighted by molar-refractivity contribution is -0.000922. The van der Waals surface area contributed by atoms with E-state index in [9.17, 15) is 9.59 Å². The summed E-state index contributed by atoms with van der Waals surface area (Å²) in [7, 11) is 1.53. The van der Waals surface area contributed by atoms with Crippen molar-refractivity contribution >= 4 is 11.9 Å². The number of benzene rings is 1. The molecular formula is C15H20O5. The Bertz CT molecular complexity index is 467. The third-order valence-electron chi connectivity index (χ3n) is 2.74. The van der Waals surface area contributed by atoms with Crippen LogP contribution in [0, 0.1) is 5.92 Å². The molecule has 1 rings (SSSR count). The number of aromatic carboxylic acids is 1. The molecule has 0 amide bonds. The van der Waals surface area contributed by atoms with Crippen LogP contribution in [-0.2, 0) is 9.47 Å². The van der Waals surface area contributed by atoms with Crippen LogP contribution in [0.5, 0.6) is 0 Å². The van der Waals surface area contributed by atoms with Gasteiger partial charge in [-0.2, -0.15) is 0 Å². The molecule has 0 aliphatic heterocycles. The summed E-state index contributed by atoms with van der Waals surface area (Å²) in [5.41, 5.74) is 0.00285. The van der Waals surface area contributed by atoms with Crippen molar-refractivity contribution in [1.29, 1.82) is 0 Å². The zero-order valence-electron chi connectivity index (χ0n) is 12.0. The minimum atomic E-state index is -1.15. The van der Waals surface area contributed by atoms with Gasteiger partial charge < -0.3 is 14.6 Å². The van der Waals surface area contributed by atoms with Crippen LogP contribution < -0.4 is 0 Å². The molecule has 0 fully saturated rings. The molecule has 0 aliphatic carbocycles. The zero-order valence-corrected chi connectivity index (χ0v) is 12.0. The smallest absolute Gasteiger partial charge is 0.339 e. The Hall–Kier alpha value is -1.88. The minimum absolute atomic E-state index is 0.0572. The second kappa shape index (κ2) is 7.65. The van der Waals surface area contributed by atoms with E-state index in [1.165, 1.54) is 19.2 Å². The largest absolute Gasteiger partial charge is 0.478 e. The van der Waals surface area contributed by atoms with E-state index in [0.29, 0.717) is 18.9 Å². The lowest BCUT2D eigenvalue weighted by atomic mass is 10.1. The van der Waals surface area contributed by atoms with E-state index in [2.05, 4.69) is 0 Å². The molecule has 5 nitrogen and oxygen atoms in total. The zero-order chi connectivity index (χ0) is 15.1. The molecule has 20 heavy (non-hydrogen) atoms. The number of carbonyl (C=O) groups is 2. The van der Waals surface area contributed by atoms with Gasteiger partial charge >= 0.3 is 11.9 Å². The summed E-state index contributed by atoms with van der Waals surface area (Å²) in [5.74, 6) is -1.44. The van der Waals surface area contributed by atoms with Gasteiger partial charge in [-0.05, 0) is 24.5 Å². The Morgan fingerprint density at radius 2 is 1.80 bits per heavy atom. The van der Waals surface area contributed by atoms with Gasteiger partial charge in [-0.1, -0.05) is 26.0 Å². The van der Waals surface area contributed by atoms with Gasteiger partial charge in [0.15, 0.2) is 0 Å². The van der Waals surface area contributed by atoms with Crippen LogP contribution in [0.15, 0.2) is 24.3 Å². The molecular weight excluding hydrogens is 260 g/mol. The van der Waals surface area contributed by atoms with Crippen LogP contribution in [0.3, 0.4) is 0 Å². The molecule has 0 heterocycles. The number of hydrogen-bond acceptors (Lipinski definition) is 4. The highest BCUT2D eigenvalue weighted by molar-refractivity contribution is 6.02. The molecule has 0 aromatic heterocycles. The van der Waals surface area contributed by atoms with Gasteiger partial charge in [0.05, 0.1) is 17.7 Å². The molecule has 1 aromatic carbocycles. The molecule has 0 radical (unpaired) electrons. The first kappa shape index (κ1) is 16.2. The first-order valence-corrected chi connectivity index (χ1v) is 6.48. The predicted octanol–water partition coefficient (Wildman–Crippen LogP) is 2.60. The average molecular weight is 280 g/mol. The maximum atomic E-state index is 12.1. The molecule has 1 aromatic rings. The van der Waals surface area contributed by atoms with Crippen LogP contribution in [0.4, 0.5) is 0 Å². The van der Waals surface area contributed by atoms with E-state index in [1.807, 2.05) is 13.8 Å². The fourth-order valence-corrected chi connectivity index (χ4v) is 1.92. The SMILES string of the molecule is COCC(CC(C)C)OC(=O)c1ccccc1C(=O)O. The van der Waals surface area contributed by atoms with E-state index in [4.69, 9.17) is 14.6 Å². The molecule has 1 unspecified atom stereocenters. The number of ether oxygens (including phenoxy) is 2. The van der Waals surface area contributed by atoms with E-state index < -0.39 is 11.9 Å². The fraction of sp³-hybridized carbons (Fsp3) is 0.467. The van der Waals surface area contributed by atoms with Gasteiger partial charge in [-0.15, -0.1) is 0 Å². The van der Waals surface area contributed by atoms with Crippen LogP contribution in [-0.4, -0.2) is 36.9 Å². The Labute approximate surface area is 118 Å². The highest BCUT2D eigenvalue weighted by Gasteiger charge is 2.21. The Balaban J connectivity index is 2.86. The molecule has 110 valence electrons. The fourth-order valence-electron chi connectivity index (χ4n) is 1.92. The number of carbonyl (C=O) groups excluding carboxylic acids is 1. The number of carboxylic acids is 1. The Morgan fingerprint density at radius 1 is 1.20 bits per heavy atom. The third-order valence-corrected chi connectivity index (χ3v) is 2.74. The third kappa shape index (κ3) is 4.66. The van der Waals surface area contributed by atoms with Crippen molar-refractivity contribution < 1.29 is 24.2 Å². The number of methoxy groups -OCH3 is 1. The van der Waals surface area contributed by atoms with Crippen molar-refractivity contribution in [3.8, 4) is 0 Å². The van der Waals surface area contributed by atoms with Crippen molar-refractivity contribution in [3.05, 3.63) is 35.4 Å². The maximum Gasteiger partial charge on any atom is 0.339 e. The molecule has 0 bridgehead atoms. The monoisotopic (exact) mass is 280 g/mol. The topological polar surface area (TPSA) is 72.8 Å². The van der Waals surface area contributed by atoms with Crippen molar-refractivity contribution in [2.75, 3.05) is 13.7 Å². The van der Waals surface area contributed by atoms with Crippen LogP contribution in [0.25, 0.3) is 0 Å². The van der Waals surface area contributed by atoms with Crippen LogP contribution >= 0.6 is 0 Å². The molecule has 0 saturated heterocycles. The van der Waals surface area contributed by atoms with E-state index in [0.717, 1.165) is 0 Å². The first-order valence-electron chi connectivity index (χ1n) is 6.48. The summed E-state index contributed by atoms with van der Waals surface area (Å²) in [4.78, 5) is 23.2. The minimum Gasteiger partial charge on any atom is -0.478 e. The summed E-state index contributed by atoms with van der Waals surface area (Å²) in [5, 5.41) is 9.06. The molecule has 5 heteroatoms. The summed E-state index contributed by atoms with van der Waals surface area (Å²) < 4.78 is 10.4. The standard InChI is InChI=1S/C15H20O5/c1-10(2)8-11(9-19-3)20-15(18)13-7-5-4-6-12(13)14(16)17/h4-7,10-11H,8-9H2,1-3H3,(H,16,17). The van der Waals surface area contributed by atoms with Crippen molar-refractivity contribution in [2.45, 2.75) is 26.4 Å². The van der Waals surface area contributed by atoms with E-state index in [1.54, 1.807) is 12.1 Å². The maximum absolute atomic E-state index is 12.1. The molecule has 0 spiro atoms. The quantitative estimate of drug-likeness (QED) is 0.777. The van der Waals surface area contributed by atoms with Gasteiger partial charge in [0, 0.05) is 7.11 Å². The second-order valence-electron chi connectivity index (χ2n) is 4.96. The molecule has 0 aliphatic rings.